The van der Waals surface area contributed by atoms with Crippen LogP contribution in [0.1, 0.15) is 25.3 Å². The highest BCUT2D eigenvalue weighted by atomic mass is 35.5. The lowest BCUT2D eigenvalue weighted by molar-refractivity contribution is -0.130. The third-order valence-electron chi connectivity index (χ3n) is 4.27. The van der Waals surface area contributed by atoms with Crippen LogP contribution in [0.5, 0.6) is 0 Å². The van der Waals surface area contributed by atoms with Crippen LogP contribution in [0.15, 0.2) is 30.3 Å². The highest BCUT2D eigenvalue weighted by Crippen LogP contribution is 2.15. The first kappa shape index (κ1) is 22.2. The highest BCUT2D eigenvalue weighted by molar-refractivity contribution is 5.85. The summed E-state index contributed by atoms with van der Waals surface area (Å²) in [6, 6.07) is 11.1. The zero-order valence-corrected chi connectivity index (χ0v) is 15.7. The van der Waals surface area contributed by atoms with Crippen molar-refractivity contribution >= 4 is 30.7 Å². The van der Waals surface area contributed by atoms with Crippen molar-refractivity contribution in [2.75, 3.05) is 33.2 Å². The molecule has 4 nitrogen and oxygen atoms in total. The Labute approximate surface area is 152 Å². The van der Waals surface area contributed by atoms with Crippen molar-refractivity contribution in [1.29, 1.82) is 0 Å². The number of hydrogen-bond acceptors (Lipinski definition) is 3. The van der Waals surface area contributed by atoms with Crippen molar-refractivity contribution in [2.24, 2.45) is 0 Å². The fourth-order valence-corrected chi connectivity index (χ4v) is 2.80. The average Bonchev–Trinajstić information content (AvgIpc) is 2.69. The van der Waals surface area contributed by atoms with E-state index in [0.717, 1.165) is 39.1 Å². The molecule has 1 atom stereocenters. The fourth-order valence-electron chi connectivity index (χ4n) is 2.80. The van der Waals surface area contributed by atoms with E-state index in [2.05, 4.69) is 47.5 Å². The Morgan fingerprint density at radius 3 is 2.52 bits per heavy atom. The Balaban J connectivity index is 0.00000242. The molecule has 0 aliphatic carbocycles. The number of nitrogens with zero attached hydrogens (tertiary/aromatic N) is 2. The summed E-state index contributed by atoms with van der Waals surface area (Å²) in [7, 11) is 1.89. The Morgan fingerprint density at radius 1 is 1.17 bits per heavy atom. The van der Waals surface area contributed by atoms with E-state index in [1.165, 1.54) is 5.56 Å². The molecule has 1 aromatic rings. The molecule has 0 bridgehead atoms. The standard InChI is InChI=1S/C17H27N3O.2ClH/c1-15-9-11-19(17(21)8-10-18-2)12-13-20(15)14-16-6-4-3-5-7-16;;/h3-7,15,18H,8-14H2,1-2H3;2*1H. The molecule has 0 spiro atoms. The second kappa shape index (κ2) is 11.7. The summed E-state index contributed by atoms with van der Waals surface area (Å²) in [6.45, 7) is 6.69. The summed E-state index contributed by atoms with van der Waals surface area (Å²) in [5.41, 5.74) is 1.35. The lowest BCUT2D eigenvalue weighted by atomic mass is 10.1. The molecule has 1 fully saturated rings. The topological polar surface area (TPSA) is 35.6 Å². The molecule has 132 valence electrons. The third-order valence-corrected chi connectivity index (χ3v) is 4.27. The minimum absolute atomic E-state index is 0. The maximum Gasteiger partial charge on any atom is 0.223 e. The van der Waals surface area contributed by atoms with Crippen LogP contribution in [0.25, 0.3) is 0 Å². The molecule has 1 aromatic carbocycles. The van der Waals surface area contributed by atoms with Crippen LogP contribution in [-0.4, -0.2) is 55.0 Å². The van der Waals surface area contributed by atoms with Crippen LogP contribution in [-0.2, 0) is 11.3 Å². The Kier molecular flexibility index (Phi) is 11.3. The molecule has 0 radical (unpaired) electrons. The van der Waals surface area contributed by atoms with E-state index in [9.17, 15) is 4.79 Å². The minimum Gasteiger partial charge on any atom is -0.341 e. The molecule has 23 heavy (non-hydrogen) atoms. The first-order valence-electron chi connectivity index (χ1n) is 7.91. The maximum atomic E-state index is 12.1. The van der Waals surface area contributed by atoms with E-state index in [0.29, 0.717) is 12.5 Å². The van der Waals surface area contributed by atoms with Gasteiger partial charge < -0.3 is 10.2 Å². The molecule has 1 unspecified atom stereocenters. The monoisotopic (exact) mass is 361 g/mol. The van der Waals surface area contributed by atoms with E-state index in [-0.39, 0.29) is 30.7 Å². The summed E-state index contributed by atoms with van der Waals surface area (Å²) in [4.78, 5) is 16.7. The van der Waals surface area contributed by atoms with E-state index < -0.39 is 0 Å². The maximum absolute atomic E-state index is 12.1. The zero-order valence-electron chi connectivity index (χ0n) is 14.0. The van der Waals surface area contributed by atoms with Crippen molar-refractivity contribution < 1.29 is 4.79 Å². The summed E-state index contributed by atoms with van der Waals surface area (Å²) in [6.07, 6.45) is 1.65. The number of benzene rings is 1. The zero-order chi connectivity index (χ0) is 15.1. The number of carbonyl (C=O) groups excluding carboxylic acids is 1. The van der Waals surface area contributed by atoms with E-state index >= 15 is 0 Å². The molecule has 1 N–H and O–H groups in total. The van der Waals surface area contributed by atoms with E-state index in [1.807, 2.05) is 11.9 Å². The summed E-state index contributed by atoms with van der Waals surface area (Å²) in [5, 5.41) is 3.05. The van der Waals surface area contributed by atoms with Gasteiger partial charge in [0, 0.05) is 45.2 Å². The molecule has 2 rings (SSSR count). The first-order chi connectivity index (χ1) is 10.2. The van der Waals surface area contributed by atoms with Crippen LogP contribution in [0.4, 0.5) is 0 Å². The molecule has 1 heterocycles. The van der Waals surface area contributed by atoms with E-state index in [1.54, 1.807) is 0 Å². The van der Waals surface area contributed by atoms with Crippen molar-refractivity contribution in [2.45, 2.75) is 32.4 Å². The lowest BCUT2D eigenvalue weighted by Gasteiger charge is -2.26. The van der Waals surface area contributed by atoms with Gasteiger partial charge in [0.2, 0.25) is 5.91 Å². The molecule has 1 aliphatic rings. The van der Waals surface area contributed by atoms with Crippen LogP contribution >= 0.6 is 24.8 Å². The van der Waals surface area contributed by atoms with Crippen LogP contribution in [0, 0.1) is 0 Å². The number of hydrogen-bond donors (Lipinski definition) is 1. The van der Waals surface area contributed by atoms with Crippen molar-refractivity contribution in [3.63, 3.8) is 0 Å². The fraction of sp³-hybridized carbons (Fsp3) is 0.588. The van der Waals surface area contributed by atoms with Gasteiger partial charge in [-0.1, -0.05) is 30.3 Å². The van der Waals surface area contributed by atoms with Gasteiger partial charge in [-0.15, -0.1) is 24.8 Å². The second-order valence-corrected chi connectivity index (χ2v) is 5.83. The van der Waals surface area contributed by atoms with Crippen LogP contribution in [0.2, 0.25) is 0 Å². The molecule has 6 heteroatoms. The van der Waals surface area contributed by atoms with Gasteiger partial charge >= 0.3 is 0 Å². The minimum atomic E-state index is 0. The van der Waals surface area contributed by atoms with Crippen molar-refractivity contribution in [3.05, 3.63) is 35.9 Å². The molecular formula is C17H29Cl2N3O. The SMILES string of the molecule is CNCCC(=O)N1CCC(C)N(Cc2ccccc2)CC1.Cl.Cl. The van der Waals surface area contributed by atoms with Gasteiger partial charge in [-0.3, -0.25) is 9.69 Å². The number of rotatable bonds is 5. The van der Waals surface area contributed by atoms with Gasteiger partial charge in [0.25, 0.3) is 0 Å². The van der Waals surface area contributed by atoms with Crippen LogP contribution in [0.3, 0.4) is 0 Å². The number of halogens is 2. The number of carbonyl (C=O) groups is 1. The molecule has 1 saturated heterocycles. The quantitative estimate of drug-likeness (QED) is 0.875. The van der Waals surface area contributed by atoms with Gasteiger partial charge in [-0.05, 0) is 26.0 Å². The van der Waals surface area contributed by atoms with Gasteiger partial charge in [0.1, 0.15) is 0 Å². The second-order valence-electron chi connectivity index (χ2n) is 5.83. The van der Waals surface area contributed by atoms with Crippen molar-refractivity contribution in [1.82, 2.24) is 15.1 Å². The summed E-state index contributed by atoms with van der Waals surface area (Å²) >= 11 is 0. The Hall–Kier alpha value is -0.810. The van der Waals surface area contributed by atoms with Gasteiger partial charge in [0.15, 0.2) is 0 Å². The largest absolute Gasteiger partial charge is 0.341 e. The number of amides is 1. The summed E-state index contributed by atoms with van der Waals surface area (Å²) < 4.78 is 0. The number of nitrogens with one attached hydrogen (secondary N) is 1. The third kappa shape index (κ3) is 7.08. The summed E-state index contributed by atoms with van der Waals surface area (Å²) in [5.74, 6) is 0.276. The average molecular weight is 362 g/mol. The van der Waals surface area contributed by atoms with Gasteiger partial charge in [-0.25, -0.2) is 0 Å². The van der Waals surface area contributed by atoms with Gasteiger partial charge in [-0.2, -0.15) is 0 Å². The van der Waals surface area contributed by atoms with Gasteiger partial charge in [0.05, 0.1) is 0 Å². The molecular weight excluding hydrogens is 333 g/mol. The molecule has 0 saturated carbocycles. The first-order valence-corrected chi connectivity index (χ1v) is 7.91. The van der Waals surface area contributed by atoms with Crippen molar-refractivity contribution in [3.8, 4) is 0 Å². The predicted molar refractivity (Wildman–Crippen MR) is 101 cm³/mol. The van der Waals surface area contributed by atoms with E-state index in [4.69, 9.17) is 0 Å². The molecule has 1 aliphatic heterocycles. The normalized spacial score (nSPS) is 18.5. The highest BCUT2D eigenvalue weighted by Gasteiger charge is 2.23. The molecule has 0 aromatic heterocycles. The Morgan fingerprint density at radius 2 is 1.87 bits per heavy atom. The smallest absolute Gasteiger partial charge is 0.223 e. The molecule has 1 amide bonds. The predicted octanol–water partition coefficient (Wildman–Crippen LogP) is 2.56. The Bertz CT molecular complexity index is 445. The van der Waals surface area contributed by atoms with Crippen LogP contribution < -0.4 is 5.32 Å². The lowest BCUT2D eigenvalue weighted by Crippen LogP contribution is -2.36.